The van der Waals surface area contributed by atoms with E-state index in [2.05, 4.69) is 25.2 Å². The van der Waals surface area contributed by atoms with Gasteiger partial charge in [-0.2, -0.15) is 0 Å². The van der Waals surface area contributed by atoms with Crippen molar-refractivity contribution in [2.24, 2.45) is 0 Å². The van der Waals surface area contributed by atoms with Crippen molar-refractivity contribution in [3.05, 3.63) is 63.5 Å². The minimum atomic E-state index is -0.0883. The Morgan fingerprint density at radius 3 is 3.06 bits per heavy atom. The molecule has 0 bridgehead atoms. The summed E-state index contributed by atoms with van der Waals surface area (Å²) in [7, 11) is 0. The van der Waals surface area contributed by atoms with Crippen molar-refractivity contribution in [2.45, 2.75) is 19.1 Å². The van der Waals surface area contributed by atoms with Crippen molar-refractivity contribution in [3.63, 3.8) is 0 Å². The van der Waals surface area contributed by atoms with Crippen LogP contribution in [0.5, 0.6) is 0 Å². The molecule has 2 aromatic heterocycles. The highest BCUT2D eigenvalue weighted by Gasteiger charge is 2.22. The predicted molar refractivity (Wildman–Crippen MR) is 121 cm³/mol. The highest BCUT2D eigenvalue weighted by atomic mass is 35.5. The fraction of sp³-hybridized carbons (Fsp3) is 0.333. The molecule has 1 aliphatic rings. The monoisotopic (exact) mass is 477 g/mol. The lowest BCUT2D eigenvalue weighted by atomic mass is 10.2. The summed E-state index contributed by atoms with van der Waals surface area (Å²) in [6.45, 7) is 3.25. The van der Waals surface area contributed by atoms with Crippen LogP contribution in [0.4, 0.5) is 0 Å². The van der Waals surface area contributed by atoms with Crippen molar-refractivity contribution in [1.82, 2.24) is 25.2 Å². The molecule has 4 rings (SSSR count). The van der Waals surface area contributed by atoms with Gasteiger partial charge in [0.15, 0.2) is 0 Å². The molecule has 1 aliphatic heterocycles. The number of rotatable bonds is 7. The second kappa shape index (κ2) is 10.5. The minimum Gasteiger partial charge on any atom is -0.374 e. The lowest BCUT2D eigenvalue weighted by Gasteiger charge is -2.33. The third-order valence-electron chi connectivity index (χ3n) is 4.85. The number of morpholine rings is 1. The van der Waals surface area contributed by atoms with E-state index in [0.717, 1.165) is 17.1 Å². The zero-order chi connectivity index (χ0) is 21.6. The third-order valence-corrected chi connectivity index (χ3v) is 6.62. The molecule has 10 heteroatoms. The second-order valence-corrected chi connectivity index (χ2v) is 8.80. The maximum Gasteiger partial charge on any atom is 0.226 e. The van der Waals surface area contributed by atoms with E-state index in [1.165, 1.54) is 11.3 Å². The van der Waals surface area contributed by atoms with Crippen LogP contribution in [-0.2, 0) is 22.5 Å². The summed E-state index contributed by atoms with van der Waals surface area (Å²) in [5.74, 6) is -0.0883. The van der Waals surface area contributed by atoms with E-state index >= 15 is 0 Å². The SMILES string of the molecule is O=C(Cc1csc(-c2cnccn2)n1)NCC1CN(Cc2cccc(Cl)c2Cl)CCO1. The molecule has 1 N–H and O–H groups in total. The van der Waals surface area contributed by atoms with Crippen LogP contribution in [0.25, 0.3) is 10.7 Å². The van der Waals surface area contributed by atoms with Crippen molar-refractivity contribution in [3.8, 4) is 10.7 Å². The summed E-state index contributed by atoms with van der Waals surface area (Å²) in [5, 5.41) is 6.72. The Bertz CT molecular complexity index is 1030. The van der Waals surface area contributed by atoms with E-state index in [0.29, 0.717) is 47.7 Å². The van der Waals surface area contributed by atoms with Crippen molar-refractivity contribution in [2.75, 3.05) is 26.2 Å². The smallest absolute Gasteiger partial charge is 0.226 e. The van der Waals surface area contributed by atoms with Crippen LogP contribution in [0, 0.1) is 0 Å². The zero-order valence-electron chi connectivity index (χ0n) is 16.6. The second-order valence-electron chi connectivity index (χ2n) is 7.16. The molecule has 1 fully saturated rings. The first-order chi connectivity index (χ1) is 15.1. The van der Waals surface area contributed by atoms with Gasteiger partial charge in [0.2, 0.25) is 5.91 Å². The van der Waals surface area contributed by atoms with Crippen molar-refractivity contribution in [1.29, 1.82) is 0 Å². The van der Waals surface area contributed by atoms with E-state index in [1.807, 2.05) is 17.5 Å². The molecular formula is C21H21Cl2N5O2S. The van der Waals surface area contributed by atoms with Crippen LogP contribution in [0.1, 0.15) is 11.3 Å². The molecule has 3 aromatic rings. The van der Waals surface area contributed by atoms with E-state index in [1.54, 1.807) is 24.7 Å². The van der Waals surface area contributed by atoms with Gasteiger partial charge in [0.05, 0.1) is 41.1 Å². The Morgan fingerprint density at radius 2 is 2.23 bits per heavy atom. The summed E-state index contributed by atoms with van der Waals surface area (Å²) in [6, 6.07) is 5.66. The standard InChI is InChI=1S/C21H21Cl2N5O2S/c22-17-3-1-2-14(20(17)23)11-28-6-7-30-16(12-28)9-26-19(29)8-15-13-31-21(27-15)18-10-24-4-5-25-18/h1-5,10,13,16H,6-9,11-12H2,(H,26,29). The van der Waals surface area contributed by atoms with Gasteiger partial charge < -0.3 is 10.1 Å². The number of aromatic nitrogens is 3. The van der Waals surface area contributed by atoms with Crippen LogP contribution in [0.3, 0.4) is 0 Å². The Labute approximate surface area is 194 Å². The van der Waals surface area contributed by atoms with Gasteiger partial charge in [-0.25, -0.2) is 4.98 Å². The summed E-state index contributed by atoms with van der Waals surface area (Å²) >= 11 is 13.9. The van der Waals surface area contributed by atoms with E-state index in [-0.39, 0.29) is 18.4 Å². The molecule has 31 heavy (non-hydrogen) atoms. The number of amides is 1. The average Bonchev–Trinajstić information content (AvgIpc) is 3.25. The highest BCUT2D eigenvalue weighted by molar-refractivity contribution is 7.13. The Hall–Kier alpha value is -2.10. The van der Waals surface area contributed by atoms with E-state index in [4.69, 9.17) is 27.9 Å². The van der Waals surface area contributed by atoms with E-state index in [9.17, 15) is 4.79 Å². The lowest BCUT2D eigenvalue weighted by molar-refractivity contribution is -0.121. The van der Waals surface area contributed by atoms with Gasteiger partial charge >= 0.3 is 0 Å². The summed E-state index contributed by atoms with van der Waals surface area (Å²) in [4.78, 5) is 27.4. The molecule has 1 unspecified atom stereocenters. The Kier molecular flexibility index (Phi) is 7.47. The maximum atomic E-state index is 12.4. The number of halogens is 2. The van der Waals surface area contributed by atoms with E-state index < -0.39 is 0 Å². The molecule has 1 aromatic carbocycles. The average molecular weight is 478 g/mol. The number of carbonyl (C=O) groups is 1. The quantitative estimate of drug-likeness (QED) is 0.560. The molecule has 0 spiro atoms. The van der Waals surface area contributed by atoms with Gasteiger partial charge in [-0.15, -0.1) is 11.3 Å². The number of nitrogens with one attached hydrogen (secondary N) is 1. The number of nitrogens with zero attached hydrogens (tertiary/aromatic N) is 4. The van der Waals surface area contributed by atoms with Crippen LogP contribution in [0.2, 0.25) is 10.0 Å². The molecule has 0 radical (unpaired) electrons. The number of ether oxygens (including phenoxy) is 1. The van der Waals surface area contributed by atoms with Gasteiger partial charge in [-0.3, -0.25) is 19.7 Å². The third kappa shape index (κ3) is 5.99. The molecular weight excluding hydrogens is 457 g/mol. The first kappa shape index (κ1) is 22.1. The fourth-order valence-electron chi connectivity index (χ4n) is 3.33. The molecule has 0 saturated carbocycles. The van der Waals surface area contributed by atoms with Crippen LogP contribution < -0.4 is 5.32 Å². The lowest BCUT2D eigenvalue weighted by Crippen LogP contribution is -2.47. The van der Waals surface area contributed by atoms with Gasteiger partial charge in [0.1, 0.15) is 10.7 Å². The van der Waals surface area contributed by atoms with Crippen LogP contribution >= 0.6 is 34.5 Å². The highest BCUT2D eigenvalue weighted by Crippen LogP contribution is 2.27. The number of thiazole rings is 1. The van der Waals surface area contributed by atoms with Crippen LogP contribution in [0.15, 0.2) is 42.2 Å². The first-order valence-corrected chi connectivity index (χ1v) is 11.5. The van der Waals surface area contributed by atoms with Crippen molar-refractivity contribution < 1.29 is 9.53 Å². The minimum absolute atomic E-state index is 0.0822. The number of carbonyl (C=O) groups excluding carboxylic acids is 1. The topological polar surface area (TPSA) is 80.2 Å². The summed E-state index contributed by atoms with van der Waals surface area (Å²) < 4.78 is 5.82. The molecule has 3 heterocycles. The molecule has 7 nitrogen and oxygen atoms in total. The van der Waals surface area contributed by atoms with Crippen molar-refractivity contribution >= 4 is 40.4 Å². The fourth-order valence-corrected chi connectivity index (χ4v) is 4.49. The van der Waals surface area contributed by atoms with Gasteiger partial charge in [0, 0.05) is 44.0 Å². The number of benzene rings is 1. The maximum absolute atomic E-state index is 12.4. The predicted octanol–water partition coefficient (Wildman–Crippen LogP) is 3.47. The molecule has 162 valence electrons. The summed E-state index contributed by atoms with van der Waals surface area (Å²) in [5.41, 5.74) is 2.40. The molecule has 1 amide bonds. The summed E-state index contributed by atoms with van der Waals surface area (Å²) in [6.07, 6.45) is 5.03. The molecule has 0 aliphatic carbocycles. The Morgan fingerprint density at radius 1 is 1.32 bits per heavy atom. The Balaban J connectivity index is 1.25. The first-order valence-electron chi connectivity index (χ1n) is 9.83. The van der Waals surface area contributed by atoms with Gasteiger partial charge in [0.25, 0.3) is 0 Å². The molecule has 1 saturated heterocycles. The van der Waals surface area contributed by atoms with Gasteiger partial charge in [-0.1, -0.05) is 35.3 Å². The molecule has 1 atom stereocenters. The van der Waals surface area contributed by atoms with Crippen LogP contribution in [-0.4, -0.2) is 58.1 Å². The van der Waals surface area contributed by atoms with Gasteiger partial charge in [-0.05, 0) is 11.6 Å². The zero-order valence-corrected chi connectivity index (χ0v) is 19.0. The largest absolute Gasteiger partial charge is 0.374 e. The number of hydrogen-bond acceptors (Lipinski definition) is 7. The number of hydrogen-bond donors (Lipinski definition) is 1. The normalized spacial score (nSPS) is 16.9.